The average molecular weight is 387 g/mol. The van der Waals surface area contributed by atoms with E-state index >= 15 is 0 Å². The van der Waals surface area contributed by atoms with Crippen LogP contribution in [0.2, 0.25) is 0 Å². The number of aromatic carboxylic acids is 1. The third-order valence-electron chi connectivity index (χ3n) is 2.84. The molecule has 0 spiro atoms. The summed E-state index contributed by atoms with van der Waals surface area (Å²) in [5, 5.41) is 9.22. The SMILES string of the molecule is CC(C)c1c(-c2cccc(I)c2)sc(C(=O)O)c1N. The number of carbonyl (C=O) groups is 1. The lowest BCUT2D eigenvalue weighted by Crippen LogP contribution is -2.00. The molecule has 100 valence electrons. The lowest BCUT2D eigenvalue weighted by atomic mass is 9.98. The van der Waals surface area contributed by atoms with Crippen LogP contribution in [0.3, 0.4) is 0 Å². The van der Waals surface area contributed by atoms with Gasteiger partial charge in [0, 0.05) is 8.45 Å². The Hall–Kier alpha value is -1.08. The maximum Gasteiger partial charge on any atom is 0.348 e. The molecule has 0 unspecified atom stereocenters. The summed E-state index contributed by atoms with van der Waals surface area (Å²) in [6.45, 7) is 4.06. The summed E-state index contributed by atoms with van der Waals surface area (Å²) in [5.74, 6) is -0.765. The highest BCUT2D eigenvalue weighted by Crippen LogP contribution is 2.42. The molecule has 0 aliphatic heterocycles. The summed E-state index contributed by atoms with van der Waals surface area (Å²) in [7, 11) is 0. The molecule has 0 bridgehead atoms. The summed E-state index contributed by atoms with van der Waals surface area (Å²) in [6.07, 6.45) is 0. The minimum atomic E-state index is -0.957. The van der Waals surface area contributed by atoms with Gasteiger partial charge in [-0.2, -0.15) is 0 Å². The van der Waals surface area contributed by atoms with Crippen LogP contribution >= 0.6 is 33.9 Å². The normalized spacial score (nSPS) is 10.9. The van der Waals surface area contributed by atoms with Crippen LogP contribution in [0.5, 0.6) is 0 Å². The highest BCUT2D eigenvalue weighted by molar-refractivity contribution is 14.1. The molecule has 0 saturated carbocycles. The van der Waals surface area contributed by atoms with Gasteiger partial charge in [-0.1, -0.05) is 26.0 Å². The molecule has 19 heavy (non-hydrogen) atoms. The van der Waals surface area contributed by atoms with E-state index in [-0.39, 0.29) is 10.8 Å². The molecule has 0 atom stereocenters. The van der Waals surface area contributed by atoms with Crippen molar-refractivity contribution in [1.82, 2.24) is 0 Å². The molecule has 2 rings (SSSR count). The van der Waals surface area contributed by atoms with E-state index in [2.05, 4.69) is 22.6 Å². The van der Waals surface area contributed by atoms with Crippen LogP contribution in [0.1, 0.15) is 35.0 Å². The number of thiophene rings is 1. The van der Waals surface area contributed by atoms with Crippen LogP contribution in [0, 0.1) is 3.57 Å². The van der Waals surface area contributed by atoms with E-state index in [1.165, 1.54) is 11.3 Å². The standard InChI is InChI=1S/C14H14INO2S/c1-7(2)10-11(16)13(14(17)18)19-12(10)8-4-3-5-9(15)6-8/h3-7H,16H2,1-2H3,(H,17,18). The minimum Gasteiger partial charge on any atom is -0.477 e. The van der Waals surface area contributed by atoms with Gasteiger partial charge < -0.3 is 10.8 Å². The Morgan fingerprint density at radius 1 is 1.42 bits per heavy atom. The zero-order valence-corrected chi connectivity index (χ0v) is 13.6. The van der Waals surface area contributed by atoms with Crippen molar-refractivity contribution >= 4 is 45.6 Å². The Balaban J connectivity index is 2.69. The second kappa shape index (κ2) is 5.50. The van der Waals surface area contributed by atoms with Crippen LogP contribution in [0.15, 0.2) is 24.3 Å². The molecule has 0 aliphatic carbocycles. The molecule has 1 aromatic heterocycles. The van der Waals surface area contributed by atoms with Gasteiger partial charge >= 0.3 is 5.97 Å². The lowest BCUT2D eigenvalue weighted by Gasteiger charge is -2.09. The van der Waals surface area contributed by atoms with Gasteiger partial charge in [0.25, 0.3) is 0 Å². The highest BCUT2D eigenvalue weighted by Gasteiger charge is 2.23. The van der Waals surface area contributed by atoms with E-state index in [1.54, 1.807) is 0 Å². The molecule has 3 N–H and O–H groups in total. The Labute approximate surface area is 129 Å². The largest absolute Gasteiger partial charge is 0.477 e. The van der Waals surface area contributed by atoms with E-state index in [9.17, 15) is 9.90 Å². The van der Waals surface area contributed by atoms with Crippen molar-refractivity contribution in [2.45, 2.75) is 19.8 Å². The van der Waals surface area contributed by atoms with Gasteiger partial charge in [-0.3, -0.25) is 0 Å². The fraction of sp³-hybridized carbons (Fsp3) is 0.214. The second-order valence-electron chi connectivity index (χ2n) is 4.56. The van der Waals surface area contributed by atoms with Gasteiger partial charge in [0.1, 0.15) is 4.88 Å². The molecule has 1 heterocycles. The van der Waals surface area contributed by atoms with Crippen molar-refractivity contribution in [1.29, 1.82) is 0 Å². The number of rotatable bonds is 3. The lowest BCUT2D eigenvalue weighted by molar-refractivity contribution is 0.0703. The fourth-order valence-corrected chi connectivity index (χ4v) is 3.79. The Kier molecular flexibility index (Phi) is 4.15. The molecular formula is C14H14INO2S. The van der Waals surface area contributed by atoms with Gasteiger partial charge in [-0.25, -0.2) is 4.79 Å². The average Bonchev–Trinajstić information content (AvgIpc) is 2.67. The van der Waals surface area contributed by atoms with Crippen molar-refractivity contribution in [2.75, 3.05) is 5.73 Å². The maximum atomic E-state index is 11.2. The second-order valence-corrected chi connectivity index (χ2v) is 6.82. The van der Waals surface area contributed by atoms with E-state index in [0.29, 0.717) is 5.69 Å². The van der Waals surface area contributed by atoms with Gasteiger partial charge in [0.2, 0.25) is 0 Å². The van der Waals surface area contributed by atoms with Crippen LogP contribution in [-0.2, 0) is 0 Å². The molecule has 2 aromatic rings. The van der Waals surface area contributed by atoms with Gasteiger partial charge in [-0.05, 0) is 51.8 Å². The first-order valence-corrected chi connectivity index (χ1v) is 7.72. The van der Waals surface area contributed by atoms with Crippen molar-refractivity contribution in [3.63, 3.8) is 0 Å². The number of halogens is 1. The molecule has 3 nitrogen and oxygen atoms in total. The summed E-state index contributed by atoms with van der Waals surface area (Å²) < 4.78 is 1.12. The number of hydrogen-bond donors (Lipinski definition) is 2. The quantitative estimate of drug-likeness (QED) is 0.767. The first kappa shape index (κ1) is 14.3. The van der Waals surface area contributed by atoms with Crippen LogP contribution < -0.4 is 5.73 Å². The summed E-state index contributed by atoms with van der Waals surface area (Å²) in [6, 6.07) is 8.01. The first-order chi connectivity index (χ1) is 8.91. The van der Waals surface area contributed by atoms with Gasteiger partial charge in [0.05, 0.1) is 5.69 Å². The number of carboxylic acid groups (broad SMARTS) is 1. The third kappa shape index (κ3) is 2.76. The van der Waals surface area contributed by atoms with Crippen LogP contribution in [0.4, 0.5) is 5.69 Å². The first-order valence-electron chi connectivity index (χ1n) is 5.83. The molecular weight excluding hydrogens is 373 g/mol. The number of anilines is 1. The zero-order valence-electron chi connectivity index (χ0n) is 10.6. The Bertz CT molecular complexity index is 634. The number of nitrogen functional groups attached to an aromatic ring is 1. The minimum absolute atomic E-state index is 0.192. The highest BCUT2D eigenvalue weighted by atomic mass is 127. The molecule has 0 radical (unpaired) electrons. The molecule has 5 heteroatoms. The number of benzene rings is 1. The Morgan fingerprint density at radius 2 is 2.11 bits per heavy atom. The summed E-state index contributed by atoms with van der Waals surface area (Å²) >= 11 is 3.50. The predicted molar refractivity (Wildman–Crippen MR) is 87.9 cm³/mol. The third-order valence-corrected chi connectivity index (χ3v) is 4.77. The fourth-order valence-electron chi connectivity index (χ4n) is 2.03. The van der Waals surface area contributed by atoms with E-state index in [1.807, 2.05) is 38.1 Å². The Morgan fingerprint density at radius 3 is 2.63 bits per heavy atom. The number of hydrogen-bond acceptors (Lipinski definition) is 3. The summed E-state index contributed by atoms with van der Waals surface area (Å²) in [4.78, 5) is 12.4. The van der Waals surface area contributed by atoms with Crippen molar-refractivity contribution in [3.05, 3.63) is 38.3 Å². The van der Waals surface area contributed by atoms with Crippen LogP contribution in [0.25, 0.3) is 10.4 Å². The van der Waals surface area contributed by atoms with E-state index in [4.69, 9.17) is 5.73 Å². The predicted octanol–water partition coefficient (Wildman–Crippen LogP) is 4.42. The van der Waals surface area contributed by atoms with E-state index < -0.39 is 5.97 Å². The van der Waals surface area contributed by atoms with Crippen molar-refractivity contribution in [3.8, 4) is 10.4 Å². The monoisotopic (exact) mass is 387 g/mol. The van der Waals surface area contributed by atoms with Gasteiger partial charge in [0.15, 0.2) is 0 Å². The topological polar surface area (TPSA) is 63.3 Å². The molecule has 0 amide bonds. The number of nitrogens with two attached hydrogens (primary N) is 1. The molecule has 0 fully saturated rings. The van der Waals surface area contributed by atoms with Crippen molar-refractivity contribution in [2.24, 2.45) is 0 Å². The zero-order chi connectivity index (χ0) is 14.2. The smallest absolute Gasteiger partial charge is 0.348 e. The maximum absolute atomic E-state index is 11.2. The molecule has 0 saturated heterocycles. The van der Waals surface area contributed by atoms with Crippen LogP contribution in [-0.4, -0.2) is 11.1 Å². The molecule has 1 aromatic carbocycles. The van der Waals surface area contributed by atoms with Gasteiger partial charge in [-0.15, -0.1) is 11.3 Å². The van der Waals surface area contributed by atoms with E-state index in [0.717, 1.165) is 19.6 Å². The molecule has 0 aliphatic rings. The van der Waals surface area contributed by atoms with Crippen molar-refractivity contribution < 1.29 is 9.90 Å². The number of carboxylic acids is 1. The summed E-state index contributed by atoms with van der Waals surface area (Å²) in [5.41, 5.74) is 8.38.